The zero-order chi connectivity index (χ0) is 17.6. The van der Waals surface area contributed by atoms with Crippen LogP contribution in [0.25, 0.3) is 10.9 Å². The van der Waals surface area contributed by atoms with Crippen LogP contribution in [-0.2, 0) is 11.8 Å². The van der Waals surface area contributed by atoms with Gasteiger partial charge in [-0.15, -0.1) is 0 Å². The first-order valence-corrected chi connectivity index (χ1v) is 7.93. The number of nitrogens with zero attached hydrogens (tertiary/aromatic N) is 3. The second-order valence-electron chi connectivity index (χ2n) is 5.50. The minimum absolute atomic E-state index is 0.132. The van der Waals surface area contributed by atoms with E-state index in [1.54, 1.807) is 30.1 Å². The van der Waals surface area contributed by atoms with Gasteiger partial charge >= 0.3 is 0 Å². The van der Waals surface area contributed by atoms with Gasteiger partial charge in [0, 0.05) is 37.3 Å². The van der Waals surface area contributed by atoms with Gasteiger partial charge < -0.3 is 9.30 Å². The molecule has 0 aliphatic heterocycles. The van der Waals surface area contributed by atoms with Crippen molar-refractivity contribution < 1.29 is 9.53 Å². The summed E-state index contributed by atoms with van der Waals surface area (Å²) in [5, 5.41) is 3.48. The maximum absolute atomic E-state index is 12.0. The van der Waals surface area contributed by atoms with E-state index in [1.165, 1.54) is 6.07 Å². The highest BCUT2D eigenvalue weighted by atomic mass is 16.5. The summed E-state index contributed by atoms with van der Waals surface area (Å²) in [6.45, 7) is 0.334. The summed E-state index contributed by atoms with van der Waals surface area (Å²) in [6.07, 6.45) is 3.92. The molecule has 3 rings (SSSR count). The molecule has 0 saturated heterocycles. The lowest BCUT2D eigenvalue weighted by molar-refractivity contribution is -0.116. The molecule has 0 aliphatic rings. The van der Waals surface area contributed by atoms with Crippen molar-refractivity contribution in [3.05, 3.63) is 59.1 Å². The first-order valence-electron chi connectivity index (χ1n) is 7.93. The van der Waals surface area contributed by atoms with E-state index in [9.17, 15) is 9.59 Å². The number of hydrogen-bond acceptors (Lipinski definition) is 5. The van der Waals surface area contributed by atoms with Crippen LogP contribution in [0.3, 0.4) is 0 Å². The zero-order valence-corrected chi connectivity index (χ0v) is 13.8. The number of aromatic nitrogens is 3. The van der Waals surface area contributed by atoms with Crippen molar-refractivity contribution in [2.75, 3.05) is 11.9 Å². The van der Waals surface area contributed by atoms with Crippen LogP contribution in [-0.4, -0.2) is 27.0 Å². The highest BCUT2D eigenvalue weighted by Gasteiger charge is 2.08. The van der Waals surface area contributed by atoms with E-state index in [-0.39, 0.29) is 23.8 Å². The van der Waals surface area contributed by atoms with Crippen LogP contribution in [0.5, 0.6) is 5.75 Å². The Hall–Kier alpha value is -3.22. The SMILES string of the molecule is Cn1c(=O)cc(OCCCC(=O)Nc2ncccn2)c2ccccc21. The first kappa shape index (κ1) is 16.6. The number of pyridine rings is 1. The van der Waals surface area contributed by atoms with E-state index >= 15 is 0 Å². The normalized spacial score (nSPS) is 10.6. The van der Waals surface area contributed by atoms with E-state index in [0.717, 1.165) is 10.9 Å². The van der Waals surface area contributed by atoms with Gasteiger partial charge in [-0.3, -0.25) is 14.9 Å². The lowest BCUT2D eigenvalue weighted by atomic mass is 10.2. The summed E-state index contributed by atoms with van der Waals surface area (Å²) >= 11 is 0. The molecular weight excluding hydrogens is 320 g/mol. The zero-order valence-electron chi connectivity index (χ0n) is 13.8. The molecule has 3 aromatic rings. The van der Waals surface area contributed by atoms with Gasteiger partial charge in [-0.05, 0) is 24.6 Å². The third-order valence-corrected chi connectivity index (χ3v) is 3.74. The Labute approximate surface area is 144 Å². The molecule has 0 bridgehead atoms. The van der Waals surface area contributed by atoms with Crippen LogP contribution in [0.2, 0.25) is 0 Å². The fraction of sp³-hybridized carbons (Fsp3) is 0.222. The molecular formula is C18H18N4O3. The van der Waals surface area contributed by atoms with Gasteiger partial charge in [0.1, 0.15) is 5.75 Å². The molecule has 0 fully saturated rings. The monoisotopic (exact) mass is 338 g/mol. The van der Waals surface area contributed by atoms with Crippen molar-refractivity contribution in [1.82, 2.24) is 14.5 Å². The fourth-order valence-corrected chi connectivity index (χ4v) is 2.47. The molecule has 0 saturated carbocycles. The van der Waals surface area contributed by atoms with Crippen LogP contribution < -0.4 is 15.6 Å². The number of nitrogens with one attached hydrogen (secondary N) is 1. The third-order valence-electron chi connectivity index (χ3n) is 3.74. The maximum atomic E-state index is 12.0. The molecule has 0 spiro atoms. The number of aryl methyl sites for hydroxylation is 1. The minimum atomic E-state index is -0.177. The average molecular weight is 338 g/mol. The summed E-state index contributed by atoms with van der Waals surface area (Å²) in [4.78, 5) is 31.7. The first-order chi connectivity index (χ1) is 12.1. The number of benzene rings is 1. The molecule has 1 amide bonds. The van der Waals surface area contributed by atoms with Crippen LogP contribution in [0.1, 0.15) is 12.8 Å². The molecule has 1 aromatic carbocycles. The molecule has 1 N–H and O–H groups in total. The molecule has 0 radical (unpaired) electrons. The molecule has 25 heavy (non-hydrogen) atoms. The number of anilines is 1. The van der Waals surface area contributed by atoms with Crippen LogP contribution in [0.15, 0.2) is 53.6 Å². The van der Waals surface area contributed by atoms with Gasteiger partial charge in [-0.1, -0.05) is 12.1 Å². The van der Waals surface area contributed by atoms with Crippen LogP contribution in [0.4, 0.5) is 5.95 Å². The standard InChI is InChI=1S/C18H18N4O3/c1-22-14-7-3-2-6-13(14)15(12-17(22)24)25-11-4-8-16(23)21-18-19-9-5-10-20-18/h2-3,5-7,9-10,12H,4,8,11H2,1H3,(H,19,20,21,23). The van der Waals surface area contributed by atoms with Gasteiger partial charge in [0.05, 0.1) is 12.1 Å². The molecule has 128 valence electrons. The quantitative estimate of drug-likeness (QED) is 0.696. The molecule has 7 nitrogen and oxygen atoms in total. The summed E-state index contributed by atoms with van der Waals surface area (Å²) in [5.74, 6) is 0.639. The summed E-state index contributed by atoms with van der Waals surface area (Å²) in [5.41, 5.74) is 0.677. The van der Waals surface area contributed by atoms with Crippen LogP contribution in [0, 0.1) is 0 Å². The lowest BCUT2D eigenvalue weighted by Crippen LogP contribution is -2.17. The Morgan fingerprint density at radius 1 is 1.20 bits per heavy atom. The Balaban J connectivity index is 1.58. The van der Waals surface area contributed by atoms with E-state index in [0.29, 0.717) is 18.8 Å². The number of carbonyl (C=O) groups excluding carboxylic acids is 1. The van der Waals surface area contributed by atoms with Gasteiger partial charge in [-0.25, -0.2) is 9.97 Å². The van der Waals surface area contributed by atoms with Crippen LogP contribution >= 0.6 is 0 Å². The number of rotatable bonds is 6. The number of fused-ring (bicyclic) bond motifs is 1. The highest BCUT2D eigenvalue weighted by Crippen LogP contribution is 2.23. The second kappa shape index (κ2) is 7.57. The van der Waals surface area contributed by atoms with E-state index in [2.05, 4.69) is 15.3 Å². The van der Waals surface area contributed by atoms with Gasteiger partial charge in [0.25, 0.3) is 5.56 Å². The number of amides is 1. The van der Waals surface area contributed by atoms with Crippen molar-refractivity contribution in [2.24, 2.45) is 7.05 Å². The molecule has 2 heterocycles. The largest absolute Gasteiger partial charge is 0.493 e. The van der Waals surface area contributed by atoms with E-state index in [4.69, 9.17) is 4.74 Å². The van der Waals surface area contributed by atoms with E-state index < -0.39 is 0 Å². The Kier molecular flexibility index (Phi) is 5.03. The van der Waals surface area contributed by atoms with Gasteiger partial charge in [0.2, 0.25) is 11.9 Å². The highest BCUT2D eigenvalue weighted by molar-refractivity contribution is 5.88. The maximum Gasteiger partial charge on any atom is 0.254 e. The number of carbonyl (C=O) groups is 1. The number of hydrogen-bond donors (Lipinski definition) is 1. The van der Waals surface area contributed by atoms with Crippen molar-refractivity contribution >= 4 is 22.8 Å². The van der Waals surface area contributed by atoms with Crippen molar-refractivity contribution in [3.8, 4) is 5.75 Å². The smallest absolute Gasteiger partial charge is 0.254 e. The summed E-state index contributed by atoms with van der Waals surface area (Å²) < 4.78 is 7.31. The molecule has 7 heteroatoms. The van der Waals surface area contributed by atoms with Crippen molar-refractivity contribution in [1.29, 1.82) is 0 Å². The molecule has 2 aromatic heterocycles. The predicted octanol–water partition coefficient (Wildman–Crippen LogP) is 2.13. The number of ether oxygens (including phenoxy) is 1. The molecule has 0 atom stereocenters. The predicted molar refractivity (Wildman–Crippen MR) is 94.6 cm³/mol. The van der Waals surface area contributed by atoms with Crippen molar-refractivity contribution in [2.45, 2.75) is 12.8 Å². The third kappa shape index (κ3) is 4.00. The summed E-state index contributed by atoms with van der Waals surface area (Å²) in [7, 11) is 1.73. The average Bonchev–Trinajstić information content (AvgIpc) is 2.63. The summed E-state index contributed by atoms with van der Waals surface area (Å²) in [6, 6.07) is 10.7. The fourth-order valence-electron chi connectivity index (χ4n) is 2.47. The minimum Gasteiger partial charge on any atom is -0.493 e. The molecule has 0 aliphatic carbocycles. The lowest BCUT2D eigenvalue weighted by Gasteiger charge is -2.11. The van der Waals surface area contributed by atoms with E-state index in [1.807, 2.05) is 24.3 Å². The Bertz CT molecular complexity index is 938. The second-order valence-corrected chi connectivity index (χ2v) is 5.50. The number of para-hydroxylation sites is 1. The topological polar surface area (TPSA) is 86.1 Å². The van der Waals surface area contributed by atoms with Crippen molar-refractivity contribution in [3.63, 3.8) is 0 Å². The Morgan fingerprint density at radius 2 is 1.96 bits per heavy atom. The Morgan fingerprint density at radius 3 is 2.76 bits per heavy atom. The van der Waals surface area contributed by atoms with Gasteiger partial charge in [-0.2, -0.15) is 0 Å². The van der Waals surface area contributed by atoms with Gasteiger partial charge in [0.15, 0.2) is 0 Å². The molecule has 0 unspecified atom stereocenters.